The third kappa shape index (κ3) is 7.77. The van der Waals surface area contributed by atoms with Gasteiger partial charge in [0.05, 0.1) is 22.3 Å². The maximum atomic E-state index is 11.3. The summed E-state index contributed by atoms with van der Waals surface area (Å²) in [6.45, 7) is 13.3. The second-order valence-corrected chi connectivity index (χ2v) is 16.0. The number of pyridine rings is 1. The van der Waals surface area contributed by atoms with Crippen LogP contribution in [0.25, 0.3) is 72.7 Å². The van der Waals surface area contributed by atoms with Gasteiger partial charge in [0.15, 0.2) is 0 Å². The maximum absolute atomic E-state index is 11.3. The van der Waals surface area contributed by atoms with Crippen LogP contribution in [0.3, 0.4) is 0 Å². The minimum absolute atomic E-state index is 0. The zero-order chi connectivity index (χ0) is 38.3. The number of phenolic OH excluding ortho intramolecular Hbond substituents is 1. The number of para-hydroxylation sites is 2. The summed E-state index contributed by atoms with van der Waals surface area (Å²) in [6.07, 6.45) is 2.87. The first-order chi connectivity index (χ1) is 26.5. The quantitative estimate of drug-likeness (QED) is 0.155. The molecule has 0 saturated carbocycles. The molecule has 2 heterocycles. The van der Waals surface area contributed by atoms with Crippen molar-refractivity contribution in [2.45, 2.75) is 53.4 Å². The zero-order valence-corrected chi connectivity index (χ0v) is 35.0. The van der Waals surface area contributed by atoms with E-state index in [-0.39, 0.29) is 32.2 Å². The molecule has 0 atom stereocenters. The Morgan fingerprint density at radius 2 is 1.39 bits per heavy atom. The van der Waals surface area contributed by atoms with Gasteiger partial charge in [0.1, 0.15) is 11.6 Å². The number of hydrogen-bond donors (Lipinski definition) is 1. The molecule has 0 aliphatic rings. The number of aromatic nitrogens is 3. The zero-order valence-electron chi connectivity index (χ0n) is 32.7. The summed E-state index contributed by atoms with van der Waals surface area (Å²) in [6, 6.07) is 52.3. The van der Waals surface area contributed by atoms with Crippen LogP contribution >= 0.6 is 0 Å². The van der Waals surface area contributed by atoms with Crippen LogP contribution < -0.4 is 0 Å². The fourth-order valence-electron chi connectivity index (χ4n) is 7.42. The molecule has 2 aromatic heterocycles. The summed E-state index contributed by atoms with van der Waals surface area (Å²) in [5, 5.41) is 11.3. The predicted octanol–water partition coefficient (Wildman–Crippen LogP) is 13.1. The van der Waals surface area contributed by atoms with Gasteiger partial charge in [-0.15, -0.1) is 29.3 Å². The number of aromatic hydroxyl groups is 1. The van der Waals surface area contributed by atoms with E-state index in [4.69, 9.17) is 9.97 Å². The number of hydrogen-bond acceptors (Lipinski definition) is 3. The second-order valence-electron chi connectivity index (χ2n) is 16.0. The molecule has 0 saturated heterocycles. The average molecular weight is 912 g/mol. The first kappa shape index (κ1) is 38.7. The molecule has 0 spiro atoms. The topological polar surface area (TPSA) is 50.9 Å². The minimum atomic E-state index is -0.135. The molecule has 8 aromatic rings. The third-order valence-electron chi connectivity index (χ3n) is 10.3. The van der Waals surface area contributed by atoms with Gasteiger partial charge in [0.2, 0.25) is 0 Å². The van der Waals surface area contributed by atoms with Crippen LogP contribution in [0.1, 0.15) is 51.3 Å². The number of phenols is 1. The number of aryl methyl sites for hydroxylation is 1. The molecule has 1 N–H and O–H groups in total. The standard InChI is InChI=1S/C51H46N3O.Pt/c1-33(2)27-35-21-24-46(44(28-35)37-13-8-7-9-14-37)54-47-17-12-16-42(49(47)53-50(54)43-15-10-11-18-48(43)55)39-29-40(31-41(30-39)51(4,5)6)45-32-38(25-26-52-45)36-22-19-34(3)20-23-36;/h7-26,28,30-33,55H,27H2,1-6H3;/q-1;. The Kier molecular flexibility index (Phi) is 11.0. The van der Waals surface area contributed by atoms with Crippen molar-refractivity contribution in [2.75, 3.05) is 0 Å². The van der Waals surface area contributed by atoms with Crippen LogP contribution in [0.4, 0.5) is 0 Å². The summed E-state index contributed by atoms with van der Waals surface area (Å²) in [5.74, 6) is 1.38. The Hall–Kier alpha value is -5.57. The Balaban J connectivity index is 0.00000480. The summed E-state index contributed by atoms with van der Waals surface area (Å²) in [7, 11) is 0. The van der Waals surface area contributed by atoms with Crippen LogP contribution in [-0.2, 0) is 32.9 Å². The summed E-state index contributed by atoms with van der Waals surface area (Å²) in [5.41, 5.74) is 15.2. The Bertz CT molecular complexity index is 2650. The molecule has 0 unspecified atom stereocenters. The van der Waals surface area contributed by atoms with Gasteiger partial charge in [-0.3, -0.25) is 9.55 Å². The van der Waals surface area contributed by atoms with Gasteiger partial charge in [-0.1, -0.05) is 142 Å². The van der Waals surface area contributed by atoms with E-state index in [9.17, 15) is 5.11 Å². The minimum Gasteiger partial charge on any atom is -0.507 e. The SMILES string of the molecule is Cc1ccc(-c2ccnc(-c3[c-]c(-c4cccc5c4nc(-c4ccccc4O)n5-c4ccc(CC(C)C)cc4-c4ccccc4)cc(C(C)(C)C)c3)c2)cc1.[Pt]. The Morgan fingerprint density at radius 3 is 2.12 bits per heavy atom. The molecule has 0 fully saturated rings. The molecule has 5 heteroatoms. The van der Waals surface area contributed by atoms with Crippen LogP contribution in [0.2, 0.25) is 0 Å². The second kappa shape index (κ2) is 15.9. The van der Waals surface area contributed by atoms with Crippen molar-refractivity contribution in [3.63, 3.8) is 0 Å². The summed E-state index contributed by atoms with van der Waals surface area (Å²) in [4.78, 5) is 10.3. The van der Waals surface area contributed by atoms with Crippen LogP contribution in [0, 0.1) is 18.9 Å². The largest absolute Gasteiger partial charge is 0.507 e. The molecule has 0 aliphatic heterocycles. The van der Waals surface area contributed by atoms with E-state index in [0.29, 0.717) is 17.3 Å². The van der Waals surface area contributed by atoms with Crippen LogP contribution in [0.5, 0.6) is 5.75 Å². The first-order valence-electron chi connectivity index (χ1n) is 19.1. The van der Waals surface area contributed by atoms with E-state index in [1.165, 1.54) is 16.7 Å². The molecule has 8 rings (SSSR count). The number of fused-ring (bicyclic) bond motifs is 1. The van der Waals surface area contributed by atoms with E-state index in [1.54, 1.807) is 6.07 Å². The fraction of sp³-hybridized carbons (Fsp3) is 0.176. The molecule has 56 heavy (non-hydrogen) atoms. The average Bonchev–Trinajstić information content (AvgIpc) is 3.57. The van der Waals surface area contributed by atoms with Crippen molar-refractivity contribution in [1.82, 2.24) is 14.5 Å². The molecular weight excluding hydrogens is 866 g/mol. The van der Waals surface area contributed by atoms with Crippen molar-refractivity contribution in [2.24, 2.45) is 5.92 Å². The van der Waals surface area contributed by atoms with E-state index in [2.05, 4.69) is 167 Å². The van der Waals surface area contributed by atoms with Crippen molar-refractivity contribution in [3.05, 3.63) is 168 Å². The Morgan fingerprint density at radius 1 is 0.679 bits per heavy atom. The Labute approximate surface area is 345 Å². The molecule has 0 bridgehead atoms. The van der Waals surface area contributed by atoms with E-state index in [0.717, 1.165) is 67.8 Å². The molecule has 0 amide bonds. The first-order valence-corrected chi connectivity index (χ1v) is 19.1. The monoisotopic (exact) mass is 911 g/mol. The van der Waals surface area contributed by atoms with Crippen molar-refractivity contribution in [1.29, 1.82) is 0 Å². The van der Waals surface area contributed by atoms with Gasteiger partial charge in [0, 0.05) is 38.5 Å². The van der Waals surface area contributed by atoms with Gasteiger partial charge in [-0.25, -0.2) is 4.98 Å². The van der Waals surface area contributed by atoms with Crippen LogP contribution in [0.15, 0.2) is 146 Å². The molecule has 0 aliphatic carbocycles. The maximum Gasteiger partial charge on any atom is 0.148 e. The van der Waals surface area contributed by atoms with Crippen molar-refractivity contribution < 1.29 is 26.2 Å². The van der Waals surface area contributed by atoms with Gasteiger partial charge in [-0.2, -0.15) is 0 Å². The number of imidazole rings is 1. The number of nitrogens with zero attached hydrogens (tertiary/aromatic N) is 3. The smallest absolute Gasteiger partial charge is 0.148 e. The normalized spacial score (nSPS) is 11.6. The summed E-state index contributed by atoms with van der Waals surface area (Å²) < 4.78 is 2.22. The fourth-order valence-corrected chi connectivity index (χ4v) is 7.42. The van der Waals surface area contributed by atoms with Crippen molar-refractivity contribution >= 4 is 11.0 Å². The predicted molar refractivity (Wildman–Crippen MR) is 229 cm³/mol. The molecule has 6 aromatic carbocycles. The van der Waals surface area contributed by atoms with Crippen molar-refractivity contribution in [3.8, 4) is 67.5 Å². The molecule has 0 radical (unpaired) electrons. The number of rotatable bonds is 8. The van der Waals surface area contributed by atoms with E-state index in [1.807, 2.05) is 24.4 Å². The summed E-state index contributed by atoms with van der Waals surface area (Å²) >= 11 is 0. The van der Waals surface area contributed by atoms with Gasteiger partial charge < -0.3 is 5.11 Å². The molecular formula is C51H46N3OPt-. The van der Waals surface area contributed by atoms with E-state index >= 15 is 0 Å². The van der Waals surface area contributed by atoms with Crippen LogP contribution in [-0.4, -0.2) is 19.6 Å². The van der Waals surface area contributed by atoms with E-state index < -0.39 is 0 Å². The van der Waals surface area contributed by atoms with Gasteiger partial charge in [-0.05, 0) is 83.3 Å². The number of benzene rings is 6. The van der Waals surface area contributed by atoms with Gasteiger partial charge >= 0.3 is 0 Å². The third-order valence-corrected chi connectivity index (χ3v) is 10.3. The molecule has 4 nitrogen and oxygen atoms in total. The molecule has 282 valence electrons. The van der Waals surface area contributed by atoms with Gasteiger partial charge in [0.25, 0.3) is 0 Å².